The lowest BCUT2D eigenvalue weighted by Gasteiger charge is -2.05. The summed E-state index contributed by atoms with van der Waals surface area (Å²) in [7, 11) is 0. The van der Waals surface area contributed by atoms with Crippen LogP contribution in [0.3, 0.4) is 0 Å². The van der Waals surface area contributed by atoms with Gasteiger partial charge in [0, 0.05) is 13.0 Å². The second kappa shape index (κ2) is 4.74. The van der Waals surface area contributed by atoms with Crippen LogP contribution in [0.4, 0.5) is 10.1 Å². The first kappa shape index (κ1) is 9.88. The first-order valence-electron chi connectivity index (χ1n) is 3.86. The first-order valence-corrected chi connectivity index (χ1v) is 4.24. The lowest BCUT2D eigenvalue weighted by molar-refractivity contribution is 0.628. The molecule has 0 aliphatic heterocycles. The van der Waals surface area contributed by atoms with Gasteiger partial charge in [0.15, 0.2) is 0 Å². The molecule has 0 aromatic heterocycles. The molecule has 13 heavy (non-hydrogen) atoms. The van der Waals surface area contributed by atoms with Gasteiger partial charge in [0.2, 0.25) is 0 Å². The van der Waals surface area contributed by atoms with E-state index in [1.54, 1.807) is 6.07 Å². The minimum absolute atomic E-state index is 0.340. The van der Waals surface area contributed by atoms with Crippen LogP contribution in [0.15, 0.2) is 18.2 Å². The third-order valence-corrected chi connectivity index (χ3v) is 1.83. The highest BCUT2D eigenvalue weighted by atomic mass is 35.5. The lowest BCUT2D eigenvalue weighted by Crippen LogP contribution is -2.00. The van der Waals surface area contributed by atoms with Crippen molar-refractivity contribution in [3.05, 3.63) is 29.0 Å². The van der Waals surface area contributed by atoms with Crippen LogP contribution in [0.1, 0.15) is 6.42 Å². The van der Waals surface area contributed by atoms with E-state index < -0.39 is 0 Å². The summed E-state index contributed by atoms with van der Waals surface area (Å²) in [5, 5.41) is 3.37. The normalized spacial score (nSPS) is 9.31. The van der Waals surface area contributed by atoms with Crippen molar-refractivity contribution in [2.24, 2.45) is 0 Å². The fraction of sp³-hybridized carbons (Fsp3) is 0.200. The van der Waals surface area contributed by atoms with E-state index in [-0.39, 0.29) is 5.82 Å². The molecule has 0 spiro atoms. The third kappa shape index (κ3) is 2.96. The van der Waals surface area contributed by atoms with Gasteiger partial charge in [0.1, 0.15) is 5.82 Å². The highest BCUT2D eigenvalue weighted by Gasteiger charge is 1.99. The van der Waals surface area contributed by atoms with Crippen LogP contribution in [0.25, 0.3) is 0 Å². The van der Waals surface area contributed by atoms with Gasteiger partial charge < -0.3 is 5.32 Å². The summed E-state index contributed by atoms with van der Waals surface area (Å²) in [4.78, 5) is 0. The minimum Gasteiger partial charge on any atom is -0.383 e. The average molecular weight is 198 g/mol. The number of halogens is 2. The molecule has 1 aromatic carbocycles. The van der Waals surface area contributed by atoms with E-state index >= 15 is 0 Å². The maximum atomic E-state index is 12.6. The number of hydrogen-bond donors (Lipinski definition) is 1. The molecule has 0 heterocycles. The Kier molecular flexibility index (Phi) is 3.60. The predicted molar refractivity (Wildman–Crippen MR) is 53.3 cm³/mol. The molecule has 1 aromatic rings. The molecular weight excluding hydrogens is 189 g/mol. The van der Waals surface area contributed by atoms with Gasteiger partial charge in [-0.1, -0.05) is 11.6 Å². The number of nitrogens with one attached hydrogen (secondary N) is 1. The van der Waals surface area contributed by atoms with Crippen molar-refractivity contribution >= 4 is 17.3 Å². The minimum atomic E-state index is -0.340. The number of anilines is 1. The molecule has 0 bridgehead atoms. The molecule has 0 aliphatic rings. The van der Waals surface area contributed by atoms with Crippen molar-refractivity contribution < 1.29 is 4.39 Å². The van der Waals surface area contributed by atoms with Crippen molar-refractivity contribution in [3.8, 4) is 12.3 Å². The summed E-state index contributed by atoms with van der Waals surface area (Å²) in [6.07, 6.45) is 5.69. The molecular formula is C10H9ClFN. The van der Waals surface area contributed by atoms with E-state index in [1.807, 2.05) is 0 Å². The van der Waals surface area contributed by atoms with E-state index in [4.69, 9.17) is 18.0 Å². The molecule has 68 valence electrons. The van der Waals surface area contributed by atoms with Crippen LogP contribution in [0.2, 0.25) is 5.02 Å². The van der Waals surface area contributed by atoms with Crippen LogP contribution in [0, 0.1) is 18.2 Å². The van der Waals surface area contributed by atoms with E-state index in [2.05, 4.69) is 11.2 Å². The molecule has 1 N–H and O–H groups in total. The Morgan fingerprint density at radius 3 is 2.92 bits per heavy atom. The zero-order valence-electron chi connectivity index (χ0n) is 6.98. The molecule has 3 heteroatoms. The fourth-order valence-electron chi connectivity index (χ4n) is 0.902. The molecule has 0 atom stereocenters. The van der Waals surface area contributed by atoms with Crippen molar-refractivity contribution in [3.63, 3.8) is 0 Å². The van der Waals surface area contributed by atoms with E-state index in [9.17, 15) is 4.39 Å². The quantitative estimate of drug-likeness (QED) is 0.581. The van der Waals surface area contributed by atoms with E-state index in [0.29, 0.717) is 23.7 Å². The predicted octanol–water partition coefficient (Wildman–Crippen LogP) is 2.91. The van der Waals surface area contributed by atoms with Crippen molar-refractivity contribution in [2.45, 2.75) is 6.42 Å². The van der Waals surface area contributed by atoms with Gasteiger partial charge in [-0.2, -0.15) is 0 Å². The van der Waals surface area contributed by atoms with Crippen LogP contribution in [0.5, 0.6) is 0 Å². The van der Waals surface area contributed by atoms with Crippen LogP contribution < -0.4 is 5.32 Å². The molecule has 0 amide bonds. The Balaban J connectivity index is 2.62. The van der Waals surface area contributed by atoms with Crippen molar-refractivity contribution in [1.29, 1.82) is 0 Å². The van der Waals surface area contributed by atoms with E-state index in [1.165, 1.54) is 12.1 Å². The van der Waals surface area contributed by atoms with E-state index in [0.717, 1.165) is 0 Å². The summed E-state index contributed by atoms with van der Waals surface area (Å²) < 4.78 is 12.6. The Hall–Kier alpha value is -1.20. The topological polar surface area (TPSA) is 12.0 Å². The SMILES string of the molecule is C#CCCNc1ccc(F)cc1Cl. The molecule has 0 radical (unpaired) electrons. The summed E-state index contributed by atoms with van der Waals surface area (Å²) in [6.45, 7) is 0.641. The fourth-order valence-corrected chi connectivity index (χ4v) is 1.14. The highest BCUT2D eigenvalue weighted by Crippen LogP contribution is 2.21. The number of rotatable bonds is 3. The largest absolute Gasteiger partial charge is 0.383 e. The van der Waals surface area contributed by atoms with Gasteiger partial charge in [-0.25, -0.2) is 4.39 Å². The Labute approximate surface area is 81.9 Å². The van der Waals surface area contributed by atoms with Gasteiger partial charge in [-0.3, -0.25) is 0 Å². The average Bonchev–Trinajstić information content (AvgIpc) is 2.09. The zero-order chi connectivity index (χ0) is 9.68. The Bertz CT molecular complexity index is 330. The van der Waals surface area contributed by atoms with Crippen LogP contribution in [-0.4, -0.2) is 6.54 Å². The second-order valence-corrected chi connectivity index (χ2v) is 2.91. The van der Waals surface area contributed by atoms with Crippen LogP contribution >= 0.6 is 11.6 Å². The third-order valence-electron chi connectivity index (χ3n) is 1.52. The maximum absolute atomic E-state index is 12.6. The molecule has 0 fully saturated rings. The number of benzene rings is 1. The van der Waals surface area contributed by atoms with Gasteiger partial charge in [-0.05, 0) is 18.2 Å². The van der Waals surface area contributed by atoms with Crippen LogP contribution in [-0.2, 0) is 0 Å². The summed E-state index contributed by atoms with van der Waals surface area (Å²) >= 11 is 5.75. The first-order chi connectivity index (χ1) is 6.24. The van der Waals surface area contributed by atoms with Crippen molar-refractivity contribution in [2.75, 3.05) is 11.9 Å². The highest BCUT2D eigenvalue weighted by molar-refractivity contribution is 6.33. The molecule has 1 rings (SSSR count). The number of terminal acetylenes is 1. The summed E-state index contributed by atoms with van der Waals surface area (Å²) in [5.74, 6) is 2.15. The van der Waals surface area contributed by atoms with Gasteiger partial charge >= 0.3 is 0 Å². The number of hydrogen-bond acceptors (Lipinski definition) is 1. The standard InChI is InChI=1S/C10H9ClFN/c1-2-3-6-13-10-5-4-8(12)7-9(10)11/h1,4-5,7,13H,3,6H2. The second-order valence-electron chi connectivity index (χ2n) is 2.51. The summed E-state index contributed by atoms with van der Waals surface area (Å²) in [6, 6.07) is 4.21. The van der Waals surface area contributed by atoms with Gasteiger partial charge in [-0.15, -0.1) is 12.3 Å². The molecule has 0 aliphatic carbocycles. The van der Waals surface area contributed by atoms with Gasteiger partial charge in [0.25, 0.3) is 0 Å². The Morgan fingerprint density at radius 2 is 2.31 bits per heavy atom. The lowest BCUT2D eigenvalue weighted by atomic mass is 10.3. The molecule has 0 unspecified atom stereocenters. The smallest absolute Gasteiger partial charge is 0.124 e. The Morgan fingerprint density at radius 1 is 1.54 bits per heavy atom. The maximum Gasteiger partial charge on any atom is 0.124 e. The van der Waals surface area contributed by atoms with Crippen molar-refractivity contribution in [1.82, 2.24) is 0 Å². The zero-order valence-corrected chi connectivity index (χ0v) is 7.74. The van der Waals surface area contributed by atoms with Gasteiger partial charge in [0.05, 0.1) is 10.7 Å². The molecule has 0 saturated heterocycles. The molecule has 1 nitrogen and oxygen atoms in total. The molecule has 0 saturated carbocycles. The monoisotopic (exact) mass is 197 g/mol. The summed E-state index contributed by atoms with van der Waals surface area (Å²) in [5.41, 5.74) is 0.707.